The molecule has 1 spiro atoms. The number of imide groups is 1. The van der Waals surface area contributed by atoms with Gasteiger partial charge in [0, 0.05) is 17.3 Å². The van der Waals surface area contributed by atoms with Crippen molar-refractivity contribution >= 4 is 18.0 Å². The number of hydrogen-bond donors (Lipinski definition) is 2. The Kier molecular flexibility index (Phi) is 7.38. The molecule has 0 aromatic heterocycles. The number of Topliss-reactive ketones (excluding diaryl/α,β-unsaturated/α-hetero) is 1. The fourth-order valence-corrected chi connectivity index (χ4v) is 8.18. The maximum Gasteiger partial charge on any atom is 0.416 e. The van der Waals surface area contributed by atoms with Gasteiger partial charge in [0.05, 0.1) is 6.10 Å². The summed E-state index contributed by atoms with van der Waals surface area (Å²) in [6.07, 6.45) is 8.40. The molecular formula is C28H43NO6. The summed E-state index contributed by atoms with van der Waals surface area (Å²) in [6.45, 7) is 10.2. The van der Waals surface area contributed by atoms with E-state index in [4.69, 9.17) is 9.47 Å². The molecule has 7 atom stereocenters. The van der Waals surface area contributed by atoms with Crippen LogP contribution in [0.5, 0.6) is 0 Å². The summed E-state index contributed by atoms with van der Waals surface area (Å²) in [7, 11) is 0. The zero-order chi connectivity index (χ0) is 25.4. The third-order valence-electron chi connectivity index (χ3n) is 10.1. The van der Waals surface area contributed by atoms with Crippen LogP contribution in [0.3, 0.4) is 0 Å². The second-order valence-electron chi connectivity index (χ2n) is 12.0. The van der Waals surface area contributed by atoms with E-state index in [1.54, 1.807) is 6.08 Å². The van der Waals surface area contributed by atoms with Crippen molar-refractivity contribution in [2.24, 2.45) is 28.1 Å². The standard InChI is InChI=1S/C28H43NO6/c1-5-13-28-17-27(14-12-22(28)30)18(3)23(31)26(4,6-2)16-20(15-21(27)28)35-25(33)29-24(32)34-19-10-8-7-9-11-19/h6,18-21,23,31H,2,5,7-17H2,1,3-4H3,(H,29,32,33)/t18?,20-,21?,23?,26+,27?,28?/m0/s1. The van der Waals surface area contributed by atoms with Crippen LogP contribution < -0.4 is 5.32 Å². The Bertz CT molecular complexity index is 852. The Balaban J connectivity index is 1.52. The van der Waals surface area contributed by atoms with Gasteiger partial charge in [0.15, 0.2) is 0 Å². The van der Waals surface area contributed by atoms with E-state index >= 15 is 0 Å². The molecule has 0 aromatic carbocycles. The van der Waals surface area contributed by atoms with Crippen molar-refractivity contribution in [2.75, 3.05) is 0 Å². The molecule has 0 radical (unpaired) electrons. The number of amides is 2. The van der Waals surface area contributed by atoms with Crippen LogP contribution in [0.25, 0.3) is 0 Å². The summed E-state index contributed by atoms with van der Waals surface area (Å²) >= 11 is 0. The Labute approximate surface area is 209 Å². The highest BCUT2D eigenvalue weighted by atomic mass is 16.6. The zero-order valence-electron chi connectivity index (χ0n) is 21.6. The number of aliphatic hydroxyl groups is 1. The van der Waals surface area contributed by atoms with Crippen molar-refractivity contribution in [2.45, 2.75) is 116 Å². The first-order valence-corrected chi connectivity index (χ1v) is 13.6. The molecule has 4 saturated carbocycles. The number of aliphatic hydroxyl groups excluding tert-OH is 1. The van der Waals surface area contributed by atoms with Gasteiger partial charge < -0.3 is 14.6 Å². The van der Waals surface area contributed by atoms with Crippen molar-refractivity contribution < 1.29 is 29.0 Å². The summed E-state index contributed by atoms with van der Waals surface area (Å²) in [4.78, 5) is 38.2. The lowest BCUT2D eigenvalue weighted by Gasteiger charge is -2.70. The fraction of sp³-hybridized carbons (Fsp3) is 0.821. The van der Waals surface area contributed by atoms with Gasteiger partial charge in [0.25, 0.3) is 0 Å². The van der Waals surface area contributed by atoms with E-state index < -0.39 is 29.8 Å². The molecule has 7 heteroatoms. The fourth-order valence-electron chi connectivity index (χ4n) is 8.18. The minimum absolute atomic E-state index is 0.00817. The molecule has 7 nitrogen and oxygen atoms in total. The number of fused-ring (bicyclic) bond motifs is 2. The van der Waals surface area contributed by atoms with Crippen molar-refractivity contribution in [1.82, 2.24) is 5.32 Å². The van der Waals surface area contributed by atoms with Gasteiger partial charge in [0.1, 0.15) is 18.0 Å². The van der Waals surface area contributed by atoms with Gasteiger partial charge in [0.2, 0.25) is 0 Å². The van der Waals surface area contributed by atoms with Gasteiger partial charge in [-0.3, -0.25) is 4.79 Å². The summed E-state index contributed by atoms with van der Waals surface area (Å²) in [5.41, 5.74) is -1.19. The molecule has 0 heterocycles. The number of carbonyl (C=O) groups is 3. The lowest BCUT2D eigenvalue weighted by Crippen LogP contribution is -2.69. The molecule has 2 bridgehead atoms. The van der Waals surface area contributed by atoms with E-state index in [2.05, 4.69) is 25.7 Å². The molecule has 2 amide bonds. The third kappa shape index (κ3) is 4.54. The smallest absolute Gasteiger partial charge is 0.416 e. The molecule has 35 heavy (non-hydrogen) atoms. The number of ether oxygens (including phenoxy) is 2. The quantitative estimate of drug-likeness (QED) is 0.481. The predicted octanol–water partition coefficient (Wildman–Crippen LogP) is 5.69. The van der Waals surface area contributed by atoms with Crippen LogP contribution in [-0.2, 0) is 14.3 Å². The molecule has 4 aliphatic carbocycles. The van der Waals surface area contributed by atoms with Crippen LogP contribution in [0.4, 0.5) is 9.59 Å². The second-order valence-corrected chi connectivity index (χ2v) is 12.0. The molecule has 0 saturated heterocycles. The Hall–Kier alpha value is -1.89. The lowest BCUT2D eigenvalue weighted by atomic mass is 9.33. The monoisotopic (exact) mass is 489 g/mol. The summed E-state index contributed by atoms with van der Waals surface area (Å²) in [5, 5.41) is 13.7. The molecule has 4 rings (SSSR count). The first-order chi connectivity index (χ1) is 16.6. The van der Waals surface area contributed by atoms with E-state index in [0.29, 0.717) is 25.0 Å². The number of nitrogens with one attached hydrogen (secondary N) is 1. The van der Waals surface area contributed by atoms with E-state index in [9.17, 15) is 19.5 Å². The van der Waals surface area contributed by atoms with Crippen molar-refractivity contribution in [3.63, 3.8) is 0 Å². The third-order valence-corrected chi connectivity index (χ3v) is 10.1. The van der Waals surface area contributed by atoms with E-state index in [1.165, 1.54) is 0 Å². The van der Waals surface area contributed by atoms with E-state index in [0.717, 1.165) is 57.8 Å². The van der Waals surface area contributed by atoms with E-state index in [-0.39, 0.29) is 28.8 Å². The average Bonchev–Trinajstić information content (AvgIpc) is 2.82. The highest BCUT2D eigenvalue weighted by Crippen LogP contribution is 2.73. The van der Waals surface area contributed by atoms with Crippen molar-refractivity contribution in [1.29, 1.82) is 0 Å². The van der Waals surface area contributed by atoms with Gasteiger partial charge >= 0.3 is 12.2 Å². The molecular weight excluding hydrogens is 446 g/mol. The SMILES string of the molecule is C=C[C@]1(C)C[C@@H](OC(=O)NC(=O)OC2CCCCC2)CC2C3(CCC)CC2(CCC3=O)C(C)C1O. The first kappa shape index (κ1) is 26.2. The number of ketones is 1. The highest BCUT2D eigenvalue weighted by Gasteiger charge is 2.71. The number of alkyl carbamates (subject to hydrolysis) is 2. The van der Waals surface area contributed by atoms with Crippen LogP contribution >= 0.6 is 0 Å². The highest BCUT2D eigenvalue weighted by molar-refractivity contribution is 5.89. The summed E-state index contributed by atoms with van der Waals surface area (Å²) in [5.74, 6) is 0.385. The van der Waals surface area contributed by atoms with Crippen LogP contribution in [0.2, 0.25) is 0 Å². The number of rotatable bonds is 5. The van der Waals surface area contributed by atoms with Crippen molar-refractivity contribution in [3.8, 4) is 0 Å². The maximum atomic E-state index is 13.2. The zero-order valence-corrected chi connectivity index (χ0v) is 21.6. The predicted molar refractivity (Wildman–Crippen MR) is 132 cm³/mol. The van der Waals surface area contributed by atoms with Gasteiger partial charge in [-0.05, 0) is 75.0 Å². The van der Waals surface area contributed by atoms with Gasteiger partial charge in [-0.15, -0.1) is 6.58 Å². The van der Waals surface area contributed by atoms with Crippen LogP contribution in [0.15, 0.2) is 12.7 Å². The lowest BCUT2D eigenvalue weighted by molar-refractivity contribution is -0.235. The van der Waals surface area contributed by atoms with Crippen molar-refractivity contribution in [3.05, 3.63) is 12.7 Å². The normalized spacial score (nSPS) is 41.4. The van der Waals surface area contributed by atoms with Crippen LogP contribution in [-0.4, -0.2) is 41.4 Å². The maximum absolute atomic E-state index is 13.2. The number of carbonyl (C=O) groups excluding carboxylic acids is 3. The second kappa shape index (κ2) is 9.87. The summed E-state index contributed by atoms with van der Waals surface area (Å²) in [6, 6.07) is 0. The minimum atomic E-state index is -0.834. The Morgan fingerprint density at radius 2 is 1.83 bits per heavy atom. The van der Waals surface area contributed by atoms with Gasteiger partial charge in [-0.1, -0.05) is 39.7 Å². The Morgan fingerprint density at radius 1 is 1.17 bits per heavy atom. The largest absolute Gasteiger partial charge is 0.446 e. The first-order valence-electron chi connectivity index (χ1n) is 13.6. The molecule has 0 aromatic rings. The average molecular weight is 490 g/mol. The van der Waals surface area contributed by atoms with Gasteiger partial charge in [-0.25, -0.2) is 14.9 Å². The molecule has 196 valence electrons. The molecule has 4 aliphatic rings. The topological polar surface area (TPSA) is 102 Å². The van der Waals surface area contributed by atoms with E-state index in [1.807, 2.05) is 6.92 Å². The molecule has 0 aliphatic heterocycles. The molecule has 2 N–H and O–H groups in total. The Morgan fingerprint density at radius 3 is 2.46 bits per heavy atom. The number of hydrogen-bond acceptors (Lipinski definition) is 6. The van der Waals surface area contributed by atoms with Gasteiger partial charge in [-0.2, -0.15) is 0 Å². The van der Waals surface area contributed by atoms with Crippen LogP contribution in [0, 0.1) is 28.1 Å². The minimum Gasteiger partial charge on any atom is -0.446 e. The molecule has 5 unspecified atom stereocenters. The molecule has 4 fully saturated rings. The van der Waals surface area contributed by atoms with Crippen LogP contribution in [0.1, 0.15) is 97.8 Å². The summed E-state index contributed by atoms with van der Waals surface area (Å²) < 4.78 is 11.2.